The number of nitrogens with zero attached hydrogens (tertiary/aromatic N) is 3. The molecule has 0 bridgehead atoms. The molecule has 2 heterocycles. The monoisotopic (exact) mass is 478 g/mol. The van der Waals surface area contributed by atoms with Gasteiger partial charge in [0, 0.05) is 4.88 Å². The fourth-order valence-electron chi connectivity index (χ4n) is 2.65. The first-order valence-electron chi connectivity index (χ1n) is 8.71. The zero-order valence-corrected chi connectivity index (χ0v) is 18.5. The van der Waals surface area contributed by atoms with E-state index in [-0.39, 0.29) is 12.2 Å². The van der Waals surface area contributed by atoms with Crippen molar-refractivity contribution >= 4 is 49.6 Å². The number of aromatic nitrogens is 2. The van der Waals surface area contributed by atoms with Crippen LogP contribution in [0.2, 0.25) is 0 Å². The van der Waals surface area contributed by atoms with Crippen molar-refractivity contribution in [2.45, 2.75) is 20.8 Å². The van der Waals surface area contributed by atoms with Gasteiger partial charge in [-0.3, -0.25) is 9.59 Å². The van der Waals surface area contributed by atoms with E-state index < -0.39 is 5.91 Å². The maximum atomic E-state index is 12.7. The normalized spacial score (nSPS) is 11.3. The summed E-state index contributed by atoms with van der Waals surface area (Å²) >= 11 is 4.89. The lowest BCUT2D eigenvalue weighted by Gasteiger charge is -2.13. The lowest BCUT2D eigenvalue weighted by Crippen LogP contribution is -2.20. The van der Waals surface area contributed by atoms with E-state index in [1.807, 2.05) is 20.8 Å². The minimum atomic E-state index is -0.591. The first-order valence-corrected chi connectivity index (χ1v) is 10.3. The lowest BCUT2D eigenvalue weighted by atomic mass is 10.2. The van der Waals surface area contributed by atoms with E-state index in [1.54, 1.807) is 12.1 Å². The van der Waals surface area contributed by atoms with Crippen molar-refractivity contribution < 1.29 is 14.3 Å². The summed E-state index contributed by atoms with van der Waals surface area (Å²) in [5.74, 6) is 0.202. The molecule has 0 unspecified atom stereocenters. The van der Waals surface area contributed by atoms with Gasteiger partial charge in [-0.15, -0.1) is 11.3 Å². The number of benzene rings is 1. The van der Waals surface area contributed by atoms with Crippen LogP contribution in [-0.2, 0) is 4.79 Å². The molecular formula is C19H19BrN4O4S. The Balaban J connectivity index is 1.97. The Morgan fingerprint density at radius 3 is 2.83 bits per heavy atom. The lowest BCUT2D eigenvalue weighted by molar-refractivity contribution is -0.119. The molecule has 0 fully saturated rings. The number of hydrogen-bond acceptors (Lipinski definition) is 7. The molecule has 1 aromatic carbocycles. The smallest absolute Gasteiger partial charge is 0.282 e. The third kappa shape index (κ3) is 4.48. The highest BCUT2D eigenvalue weighted by molar-refractivity contribution is 9.10. The van der Waals surface area contributed by atoms with Gasteiger partial charge in [-0.1, -0.05) is 0 Å². The number of amides is 1. The Labute approximate surface area is 179 Å². The van der Waals surface area contributed by atoms with Gasteiger partial charge in [0.15, 0.2) is 18.1 Å². The molecule has 0 aliphatic rings. The summed E-state index contributed by atoms with van der Waals surface area (Å²) in [6.45, 7) is 5.83. The van der Waals surface area contributed by atoms with Crippen molar-refractivity contribution in [3.63, 3.8) is 0 Å². The highest BCUT2D eigenvalue weighted by Crippen LogP contribution is 2.36. The Morgan fingerprint density at radius 1 is 1.38 bits per heavy atom. The molecule has 0 aliphatic heterocycles. The van der Waals surface area contributed by atoms with E-state index in [0.717, 1.165) is 10.4 Å². The highest BCUT2D eigenvalue weighted by atomic mass is 79.9. The van der Waals surface area contributed by atoms with Crippen LogP contribution in [-0.4, -0.2) is 35.0 Å². The maximum absolute atomic E-state index is 12.7. The SMILES string of the molecule is CCOc1cc(/C=N\n2cnc3sc(C)c(C)c3c2=O)cc(Br)c1OCC(N)=O. The van der Waals surface area contributed by atoms with Crippen LogP contribution in [0.5, 0.6) is 11.5 Å². The first kappa shape index (κ1) is 21.0. The van der Waals surface area contributed by atoms with E-state index >= 15 is 0 Å². The van der Waals surface area contributed by atoms with Crippen LogP contribution in [0.15, 0.2) is 32.8 Å². The van der Waals surface area contributed by atoms with E-state index in [2.05, 4.69) is 26.0 Å². The molecule has 3 aromatic rings. The Morgan fingerprint density at radius 2 is 2.14 bits per heavy atom. The quantitative estimate of drug-likeness (QED) is 0.524. The molecule has 1 amide bonds. The fourth-order valence-corrected chi connectivity index (χ4v) is 4.21. The number of halogens is 1. The molecule has 0 spiro atoms. The molecule has 0 aliphatic carbocycles. The van der Waals surface area contributed by atoms with Crippen molar-refractivity contribution in [2.75, 3.05) is 13.2 Å². The van der Waals surface area contributed by atoms with Crippen molar-refractivity contribution in [1.29, 1.82) is 0 Å². The fraction of sp³-hybridized carbons (Fsp3) is 0.263. The van der Waals surface area contributed by atoms with Crippen molar-refractivity contribution in [3.8, 4) is 11.5 Å². The summed E-state index contributed by atoms with van der Waals surface area (Å²) in [6, 6.07) is 3.43. The number of primary amides is 1. The van der Waals surface area contributed by atoms with Crippen LogP contribution in [0.3, 0.4) is 0 Å². The molecular weight excluding hydrogens is 460 g/mol. The number of ether oxygens (including phenoxy) is 2. The van der Waals surface area contributed by atoms with E-state index in [1.165, 1.54) is 28.6 Å². The summed E-state index contributed by atoms with van der Waals surface area (Å²) in [5, 5.41) is 4.83. The van der Waals surface area contributed by atoms with Crippen LogP contribution in [0.1, 0.15) is 22.9 Å². The number of carbonyl (C=O) groups is 1. The van der Waals surface area contributed by atoms with Crippen molar-refractivity contribution in [3.05, 3.63) is 49.3 Å². The largest absolute Gasteiger partial charge is 0.490 e. The van der Waals surface area contributed by atoms with Crippen molar-refractivity contribution in [1.82, 2.24) is 9.66 Å². The second-order valence-electron chi connectivity index (χ2n) is 6.12. The molecule has 10 heteroatoms. The zero-order chi connectivity index (χ0) is 21.1. The predicted molar refractivity (Wildman–Crippen MR) is 116 cm³/mol. The van der Waals surface area contributed by atoms with Crippen LogP contribution in [0, 0.1) is 13.8 Å². The van der Waals surface area contributed by atoms with Gasteiger partial charge in [0.2, 0.25) is 0 Å². The van der Waals surface area contributed by atoms with Gasteiger partial charge in [-0.05, 0) is 60.0 Å². The summed E-state index contributed by atoms with van der Waals surface area (Å²) in [4.78, 5) is 29.8. The number of rotatable bonds is 7. The maximum Gasteiger partial charge on any atom is 0.282 e. The molecule has 2 N–H and O–H groups in total. The minimum absolute atomic E-state index is 0.224. The average molecular weight is 479 g/mol. The third-order valence-corrected chi connectivity index (χ3v) is 5.80. The minimum Gasteiger partial charge on any atom is -0.490 e. The van der Waals surface area contributed by atoms with E-state index in [0.29, 0.717) is 38.4 Å². The number of nitrogens with two attached hydrogens (primary N) is 1. The third-order valence-electron chi connectivity index (χ3n) is 4.09. The molecule has 0 atom stereocenters. The number of hydrogen-bond donors (Lipinski definition) is 1. The summed E-state index contributed by atoms with van der Waals surface area (Å²) in [7, 11) is 0. The van der Waals surface area contributed by atoms with E-state index in [9.17, 15) is 9.59 Å². The Bertz CT molecular complexity index is 1170. The zero-order valence-electron chi connectivity index (χ0n) is 16.1. The van der Waals surface area contributed by atoms with Crippen LogP contribution >= 0.6 is 27.3 Å². The summed E-state index contributed by atoms with van der Waals surface area (Å²) < 4.78 is 12.8. The summed E-state index contributed by atoms with van der Waals surface area (Å²) in [6.07, 6.45) is 2.92. The molecule has 0 radical (unpaired) electrons. The van der Waals surface area contributed by atoms with Gasteiger partial charge < -0.3 is 15.2 Å². The number of carbonyl (C=O) groups excluding carboxylic acids is 1. The van der Waals surface area contributed by atoms with Crippen LogP contribution in [0.25, 0.3) is 10.2 Å². The first-order chi connectivity index (χ1) is 13.8. The van der Waals surface area contributed by atoms with Gasteiger partial charge in [-0.25, -0.2) is 4.98 Å². The number of fused-ring (bicyclic) bond motifs is 1. The number of thiophene rings is 1. The van der Waals surface area contributed by atoms with Gasteiger partial charge in [-0.2, -0.15) is 9.78 Å². The van der Waals surface area contributed by atoms with Gasteiger partial charge in [0.25, 0.3) is 11.5 Å². The topological polar surface area (TPSA) is 109 Å². The molecule has 2 aromatic heterocycles. The van der Waals surface area contributed by atoms with Crippen molar-refractivity contribution in [2.24, 2.45) is 10.8 Å². The average Bonchev–Trinajstić information content (AvgIpc) is 2.95. The Hall–Kier alpha value is -2.72. The van der Waals surface area contributed by atoms with Gasteiger partial charge in [0.1, 0.15) is 11.2 Å². The molecule has 0 saturated heterocycles. The van der Waals surface area contributed by atoms with Crippen LogP contribution in [0.4, 0.5) is 0 Å². The molecule has 29 heavy (non-hydrogen) atoms. The number of aryl methyl sites for hydroxylation is 2. The van der Waals surface area contributed by atoms with E-state index in [4.69, 9.17) is 15.2 Å². The van der Waals surface area contributed by atoms with Crippen LogP contribution < -0.4 is 20.8 Å². The van der Waals surface area contributed by atoms with Gasteiger partial charge >= 0.3 is 0 Å². The van der Waals surface area contributed by atoms with Gasteiger partial charge in [0.05, 0.1) is 22.7 Å². The second-order valence-corrected chi connectivity index (χ2v) is 8.18. The predicted octanol–water partition coefficient (Wildman–Crippen LogP) is 2.98. The standard InChI is InChI=1S/C19H19BrN4O4S/c1-4-27-14-6-12(5-13(20)17(14)28-8-15(21)25)7-23-24-9-22-18-16(19(24)26)10(2)11(3)29-18/h5-7,9H,4,8H2,1-3H3,(H2,21,25)/b23-7-. The second kappa shape index (κ2) is 8.75. The highest BCUT2D eigenvalue weighted by Gasteiger charge is 2.14. The summed E-state index contributed by atoms with van der Waals surface area (Å²) in [5.41, 5.74) is 6.50. The molecule has 3 rings (SSSR count). The molecule has 0 saturated carbocycles. The molecule has 152 valence electrons. The Kier molecular flexibility index (Phi) is 6.33. The molecule has 8 nitrogen and oxygen atoms in total.